The van der Waals surface area contributed by atoms with Crippen LogP contribution in [-0.2, 0) is 16.6 Å². The van der Waals surface area contributed by atoms with E-state index in [-0.39, 0.29) is 12.3 Å². The van der Waals surface area contributed by atoms with Crippen molar-refractivity contribution in [3.63, 3.8) is 0 Å². The van der Waals surface area contributed by atoms with Crippen LogP contribution >= 0.6 is 0 Å². The lowest BCUT2D eigenvalue weighted by atomic mass is 9.77. The predicted molar refractivity (Wildman–Crippen MR) is 96.9 cm³/mol. The molecule has 2 aliphatic heterocycles. The Morgan fingerprint density at radius 1 is 1.22 bits per heavy atom. The maximum absolute atomic E-state index is 12.1. The molecule has 0 radical (unpaired) electrons. The number of aliphatic carboxylic acids is 1. The van der Waals surface area contributed by atoms with E-state index in [0.29, 0.717) is 31.6 Å². The number of likely N-dealkylation sites (tertiary alicyclic amines) is 1. The molecule has 2 aliphatic rings. The van der Waals surface area contributed by atoms with Gasteiger partial charge in [0.25, 0.3) is 0 Å². The molecule has 1 amide bonds. The molecule has 27 heavy (non-hydrogen) atoms. The summed E-state index contributed by atoms with van der Waals surface area (Å²) < 4.78 is 1.88. The highest BCUT2D eigenvalue weighted by atomic mass is 16.4. The second kappa shape index (κ2) is 6.33. The molecule has 2 aromatic heterocycles. The molecule has 2 fully saturated rings. The minimum absolute atomic E-state index is 0.0873. The first-order valence-corrected chi connectivity index (χ1v) is 8.98. The number of nitrogens with zero attached hydrogens (tertiary/aromatic N) is 6. The number of aromatic nitrogens is 4. The molecule has 0 aliphatic carbocycles. The number of carbonyl (C=O) groups excluding carboxylic acids is 1. The van der Waals surface area contributed by atoms with Crippen molar-refractivity contribution >= 4 is 17.7 Å². The van der Waals surface area contributed by atoms with E-state index < -0.39 is 17.4 Å². The number of imidazole rings is 1. The van der Waals surface area contributed by atoms with Gasteiger partial charge < -0.3 is 19.5 Å². The van der Waals surface area contributed by atoms with Gasteiger partial charge in [-0.05, 0) is 25.0 Å². The number of anilines is 1. The fourth-order valence-corrected chi connectivity index (χ4v) is 4.33. The van der Waals surface area contributed by atoms with Crippen LogP contribution in [0.5, 0.6) is 0 Å². The van der Waals surface area contributed by atoms with Crippen molar-refractivity contribution in [2.24, 2.45) is 13.0 Å². The molecule has 1 N–H and O–H groups in total. The topological polar surface area (TPSA) is 104 Å². The number of amides is 1. The van der Waals surface area contributed by atoms with Crippen LogP contribution in [0.15, 0.2) is 24.5 Å². The molecule has 4 rings (SSSR count). The molecule has 0 unspecified atom stereocenters. The molecule has 0 saturated carbocycles. The Hall–Kier alpha value is -2.97. The number of hydrogen-bond donors (Lipinski definition) is 1. The smallest absolute Gasteiger partial charge is 0.309 e. The third-order valence-electron chi connectivity index (χ3n) is 6.02. The highest BCUT2D eigenvalue weighted by Gasteiger charge is 2.55. The predicted octanol–water partition coefficient (Wildman–Crippen LogP) is 0.779. The summed E-state index contributed by atoms with van der Waals surface area (Å²) >= 11 is 0. The van der Waals surface area contributed by atoms with Crippen LogP contribution in [0.25, 0.3) is 11.5 Å². The number of piperidine rings is 1. The Labute approximate surface area is 156 Å². The summed E-state index contributed by atoms with van der Waals surface area (Å²) in [6, 6.07) is 3.80. The third-order valence-corrected chi connectivity index (χ3v) is 6.02. The van der Waals surface area contributed by atoms with Gasteiger partial charge in [-0.25, -0.2) is 4.98 Å². The van der Waals surface area contributed by atoms with Crippen LogP contribution in [0, 0.1) is 5.92 Å². The summed E-state index contributed by atoms with van der Waals surface area (Å²) in [6.45, 7) is 1.27. The number of aryl methyl sites for hydroxylation is 1. The molecule has 1 atom stereocenters. The number of rotatable bonds is 3. The fourth-order valence-electron chi connectivity index (χ4n) is 4.33. The summed E-state index contributed by atoms with van der Waals surface area (Å²) in [5.74, 6) is -0.117. The van der Waals surface area contributed by atoms with E-state index in [1.165, 1.54) is 0 Å². The lowest BCUT2D eigenvalue weighted by Gasteiger charge is -2.45. The van der Waals surface area contributed by atoms with Crippen LogP contribution in [0.1, 0.15) is 19.3 Å². The second-order valence-electron chi connectivity index (χ2n) is 7.28. The van der Waals surface area contributed by atoms with Gasteiger partial charge in [0, 0.05) is 46.0 Å². The highest BCUT2D eigenvalue weighted by Crippen LogP contribution is 2.43. The largest absolute Gasteiger partial charge is 0.481 e. The van der Waals surface area contributed by atoms with Crippen molar-refractivity contribution in [2.75, 3.05) is 25.0 Å². The Kier molecular flexibility index (Phi) is 4.09. The Morgan fingerprint density at radius 3 is 2.52 bits per heavy atom. The van der Waals surface area contributed by atoms with Gasteiger partial charge in [0.15, 0.2) is 11.6 Å². The normalized spacial score (nSPS) is 21.9. The van der Waals surface area contributed by atoms with Crippen LogP contribution < -0.4 is 4.90 Å². The van der Waals surface area contributed by atoms with E-state index in [0.717, 1.165) is 11.6 Å². The minimum Gasteiger partial charge on any atom is -0.481 e. The standard InChI is InChI=1S/C18H22N6O3/c1-22-10-7-19-16(22)13-3-4-14(21-20-13)24-8-5-18(6-9-24)12(17(26)27)11-15(25)23(18)2/h3-4,7,10,12H,5-6,8-9,11H2,1-2H3,(H,26,27)/t12-/m0/s1. The molecule has 9 nitrogen and oxygen atoms in total. The van der Waals surface area contributed by atoms with Crippen LogP contribution in [0.3, 0.4) is 0 Å². The van der Waals surface area contributed by atoms with E-state index in [9.17, 15) is 14.7 Å². The Bertz CT molecular complexity index is 869. The fraction of sp³-hybridized carbons (Fsp3) is 0.500. The number of carbonyl (C=O) groups is 2. The molecule has 4 heterocycles. The molecule has 9 heteroatoms. The molecule has 1 spiro atoms. The maximum Gasteiger partial charge on any atom is 0.309 e. The first kappa shape index (κ1) is 17.4. The van der Waals surface area contributed by atoms with E-state index in [2.05, 4.69) is 20.1 Å². The summed E-state index contributed by atoms with van der Waals surface area (Å²) in [4.78, 5) is 31.8. The van der Waals surface area contributed by atoms with Crippen molar-refractivity contribution < 1.29 is 14.7 Å². The zero-order valence-corrected chi connectivity index (χ0v) is 15.4. The quantitative estimate of drug-likeness (QED) is 0.851. The monoisotopic (exact) mass is 370 g/mol. The molecule has 2 saturated heterocycles. The van der Waals surface area contributed by atoms with Gasteiger partial charge in [-0.15, -0.1) is 10.2 Å². The van der Waals surface area contributed by atoms with E-state index >= 15 is 0 Å². The first-order chi connectivity index (χ1) is 12.9. The van der Waals surface area contributed by atoms with E-state index in [1.54, 1.807) is 18.1 Å². The van der Waals surface area contributed by atoms with E-state index in [1.807, 2.05) is 29.9 Å². The molecule has 0 aromatic carbocycles. The second-order valence-corrected chi connectivity index (χ2v) is 7.28. The number of hydrogen-bond acceptors (Lipinski definition) is 6. The van der Waals surface area contributed by atoms with Gasteiger partial charge in [-0.3, -0.25) is 9.59 Å². The SMILES string of the molecule is CN1C(=O)C[C@@H](C(=O)O)C12CCN(c1ccc(-c3nccn3C)nn1)CC2. The van der Waals surface area contributed by atoms with E-state index in [4.69, 9.17) is 0 Å². The summed E-state index contributed by atoms with van der Waals surface area (Å²) in [6.07, 6.45) is 4.87. The van der Waals surface area contributed by atoms with Crippen molar-refractivity contribution in [1.82, 2.24) is 24.6 Å². The van der Waals surface area contributed by atoms with Crippen LogP contribution in [0.4, 0.5) is 5.82 Å². The van der Waals surface area contributed by atoms with Gasteiger partial charge in [-0.2, -0.15) is 0 Å². The van der Waals surface area contributed by atoms with Crippen LogP contribution in [-0.4, -0.2) is 67.3 Å². The van der Waals surface area contributed by atoms with Crippen molar-refractivity contribution in [1.29, 1.82) is 0 Å². The van der Waals surface area contributed by atoms with Crippen molar-refractivity contribution in [3.8, 4) is 11.5 Å². The van der Waals surface area contributed by atoms with Gasteiger partial charge in [-0.1, -0.05) is 0 Å². The molecule has 0 bridgehead atoms. The summed E-state index contributed by atoms with van der Waals surface area (Å²) in [5.41, 5.74) is 0.103. The lowest BCUT2D eigenvalue weighted by Crippen LogP contribution is -2.56. The van der Waals surface area contributed by atoms with Gasteiger partial charge in [0.2, 0.25) is 5.91 Å². The average Bonchev–Trinajstić information content (AvgIpc) is 3.20. The third kappa shape index (κ3) is 2.73. The zero-order chi connectivity index (χ0) is 19.2. The maximum atomic E-state index is 12.1. The number of carboxylic acids is 1. The van der Waals surface area contributed by atoms with Gasteiger partial charge in [0.05, 0.1) is 11.5 Å². The highest BCUT2D eigenvalue weighted by molar-refractivity contribution is 5.88. The Morgan fingerprint density at radius 2 is 1.96 bits per heavy atom. The summed E-state index contributed by atoms with van der Waals surface area (Å²) in [7, 11) is 3.63. The average molecular weight is 370 g/mol. The van der Waals surface area contributed by atoms with Gasteiger partial charge in [0.1, 0.15) is 5.69 Å². The first-order valence-electron chi connectivity index (χ1n) is 8.98. The summed E-state index contributed by atoms with van der Waals surface area (Å²) in [5, 5.41) is 18.2. The number of carboxylic acid groups (broad SMARTS) is 1. The lowest BCUT2D eigenvalue weighted by molar-refractivity contribution is -0.145. The van der Waals surface area contributed by atoms with Gasteiger partial charge >= 0.3 is 5.97 Å². The molecule has 142 valence electrons. The van der Waals surface area contributed by atoms with Crippen LogP contribution in [0.2, 0.25) is 0 Å². The molecular formula is C18H22N6O3. The molecule has 2 aromatic rings. The zero-order valence-electron chi connectivity index (χ0n) is 15.4. The minimum atomic E-state index is -0.889. The Balaban J connectivity index is 1.50. The van der Waals surface area contributed by atoms with Crippen molar-refractivity contribution in [3.05, 3.63) is 24.5 Å². The molecular weight excluding hydrogens is 348 g/mol. The van der Waals surface area contributed by atoms with Crippen molar-refractivity contribution in [2.45, 2.75) is 24.8 Å².